The van der Waals surface area contributed by atoms with Crippen LogP contribution < -0.4 is 5.32 Å². The van der Waals surface area contributed by atoms with Crippen molar-refractivity contribution in [2.45, 2.75) is 13.1 Å². The van der Waals surface area contributed by atoms with Gasteiger partial charge in [0, 0.05) is 17.3 Å². The Labute approximate surface area is 128 Å². The Morgan fingerprint density at radius 1 is 1.13 bits per heavy atom. The molecule has 0 aliphatic rings. The molecule has 0 spiro atoms. The van der Waals surface area contributed by atoms with Crippen LogP contribution in [0.2, 0.25) is 0 Å². The lowest BCUT2D eigenvalue weighted by Gasteiger charge is -2.10. The van der Waals surface area contributed by atoms with Gasteiger partial charge in [0.05, 0.1) is 4.92 Å². The normalized spacial score (nSPS) is 11.1. The van der Waals surface area contributed by atoms with Crippen molar-refractivity contribution in [1.82, 2.24) is 0 Å². The zero-order chi connectivity index (χ0) is 17.2. The molecule has 0 aliphatic carbocycles. The quantitative estimate of drug-likeness (QED) is 0.680. The van der Waals surface area contributed by atoms with Crippen LogP contribution in [0.1, 0.15) is 21.5 Å². The lowest BCUT2D eigenvalue weighted by atomic mass is 10.1. The highest BCUT2D eigenvalue weighted by Gasteiger charge is 2.38. The van der Waals surface area contributed by atoms with E-state index in [0.29, 0.717) is 12.1 Å². The minimum Gasteiger partial charge on any atom is -0.322 e. The number of anilines is 1. The Morgan fingerprint density at radius 3 is 2.26 bits per heavy atom. The number of nitro benzene ring substituents is 1. The number of hydrogen-bond acceptors (Lipinski definition) is 3. The zero-order valence-corrected chi connectivity index (χ0v) is 11.8. The highest BCUT2D eigenvalue weighted by atomic mass is 19.4. The van der Waals surface area contributed by atoms with Gasteiger partial charge in [-0.2, -0.15) is 13.2 Å². The van der Waals surface area contributed by atoms with Crippen LogP contribution in [0, 0.1) is 17.0 Å². The highest BCUT2D eigenvalue weighted by molar-refractivity contribution is 6.04. The summed E-state index contributed by atoms with van der Waals surface area (Å²) in [5, 5.41) is 13.0. The van der Waals surface area contributed by atoms with Gasteiger partial charge >= 0.3 is 6.18 Å². The van der Waals surface area contributed by atoms with Crippen molar-refractivity contribution in [1.29, 1.82) is 0 Å². The van der Waals surface area contributed by atoms with Gasteiger partial charge in [0.1, 0.15) is 5.56 Å². The van der Waals surface area contributed by atoms with Crippen LogP contribution in [0.5, 0.6) is 0 Å². The van der Waals surface area contributed by atoms with Crippen molar-refractivity contribution in [3.63, 3.8) is 0 Å². The number of hydrogen-bond donors (Lipinski definition) is 1. The van der Waals surface area contributed by atoms with Crippen molar-refractivity contribution in [2.24, 2.45) is 0 Å². The first kappa shape index (κ1) is 16.5. The summed E-state index contributed by atoms with van der Waals surface area (Å²) in [6.07, 6.45) is -4.90. The monoisotopic (exact) mass is 324 g/mol. The van der Waals surface area contributed by atoms with Gasteiger partial charge in [-0.25, -0.2) is 0 Å². The fraction of sp³-hybridized carbons (Fsp3) is 0.133. The molecule has 0 saturated carbocycles. The van der Waals surface area contributed by atoms with Crippen LogP contribution in [0.25, 0.3) is 0 Å². The Balaban J connectivity index is 2.32. The van der Waals surface area contributed by atoms with E-state index in [0.717, 1.165) is 11.6 Å². The molecule has 0 atom stereocenters. The lowest BCUT2D eigenvalue weighted by Crippen LogP contribution is -2.14. The van der Waals surface area contributed by atoms with Gasteiger partial charge in [-0.05, 0) is 31.2 Å². The van der Waals surface area contributed by atoms with Crippen molar-refractivity contribution < 1.29 is 22.9 Å². The molecule has 0 radical (unpaired) electrons. The SMILES string of the molecule is Cc1ccc(C(=O)Nc2ccc([N+](=O)[O-])c(C(F)(F)F)c2)cc1. The van der Waals surface area contributed by atoms with Gasteiger partial charge in [0.15, 0.2) is 0 Å². The molecule has 2 aromatic rings. The number of nitro groups is 1. The van der Waals surface area contributed by atoms with E-state index in [9.17, 15) is 28.1 Å². The number of benzene rings is 2. The molecule has 23 heavy (non-hydrogen) atoms. The summed E-state index contributed by atoms with van der Waals surface area (Å²) >= 11 is 0. The largest absolute Gasteiger partial charge is 0.423 e. The fourth-order valence-electron chi connectivity index (χ4n) is 1.91. The minimum atomic E-state index is -4.90. The summed E-state index contributed by atoms with van der Waals surface area (Å²) in [7, 11) is 0. The van der Waals surface area contributed by atoms with E-state index in [-0.39, 0.29) is 11.3 Å². The van der Waals surface area contributed by atoms with Crippen LogP contribution in [0.15, 0.2) is 42.5 Å². The number of alkyl halides is 3. The Morgan fingerprint density at radius 2 is 1.74 bits per heavy atom. The first-order valence-electron chi connectivity index (χ1n) is 6.42. The summed E-state index contributed by atoms with van der Waals surface area (Å²) in [4.78, 5) is 21.5. The first-order valence-corrected chi connectivity index (χ1v) is 6.42. The zero-order valence-electron chi connectivity index (χ0n) is 11.8. The fourth-order valence-corrected chi connectivity index (χ4v) is 1.91. The average Bonchev–Trinajstić information content (AvgIpc) is 2.46. The number of amides is 1. The molecule has 0 aromatic heterocycles. The molecular weight excluding hydrogens is 313 g/mol. The average molecular weight is 324 g/mol. The van der Waals surface area contributed by atoms with Crippen LogP contribution >= 0.6 is 0 Å². The van der Waals surface area contributed by atoms with E-state index in [1.54, 1.807) is 12.1 Å². The van der Waals surface area contributed by atoms with Crippen molar-refractivity contribution in [2.75, 3.05) is 5.32 Å². The molecule has 0 saturated heterocycles. The molecule has 120 valence electrons. The number of nitrogens with zero attached hydrogens (tertiary/aromatic N) is 1. The topological polar surface area (TPSA) is 72.2 Å². The van der Waals surface area contributed by atoms with Gasteiger partial charge in [-0.3, -0.25) is 14.9 Å². The van der Waals surface area contributed by atoms with Crippen LogP contribution in [0.4, 0.5) is 24.5 Å². The third-order valence-corrected chi connectivity index (χ3v) is 3.07. The Hall–Kier alpha value is -2.90. The maximum absolute atomic E-state index is 12.9. The molecule has 1 N–H and O–H groups in total. The summed E-state index contributed by atoms with van der Waals surface area (Å²) in [6, 6.07) is 8.75. The van der Waals surface area contributed by atoms with Crippen molar-refractivity contribution in [3.05, 3.63) is 69.3 Å². The smallest absolute Gasteiger partial charge is 0.322 e. The molecular formula is C15H11F3N2O3. The predicted molar refractivity (Wildman–Crippen MR) is 77.2 cm³/mol. The van der Waals surface area contributed by atoms with Gasteiger partial charge in [-0.1, -0.05) is 17.7 Å². The summed E-state index contributed by atoms with van der Waals surface area (Å²) in [6.45, 7) is 1.83. The second kappa shape index (κ2) is 6.07. The maximum Gasteiger partial charge on any atom is 0.423 e. The molecule has 0 fully saturated rings. The molecule has 0 aliphatic heterocycles. The van der Waals surface area contributed by atoms with Gasteiger partial charge in [0.25, 0.3) is 11.6 Å². The molecule has 0 heterocycles. The second-order valence-corrected chi connectivity index (χ2v) is 4.81. The molecule has 2 rings (SSSR count). The first-order chi connectivity index (χ1) is 10.7. The molecule has 5 nitrogen and oxygen atoms in total. The van der Waals surface area contributed by atoms with Gasteiger partial charge in [-0.15, -0.1) is 0 Å². The molecule has 0 bridgehead atoms. The third kappa shape index (κ3) is 3.85. The van der Waals surface area contributed by atoms with E-state index in [2.05, 4.69) is 5.32 Å². The van der Waals surface area contributed by atoms with Gasteiger partial charge in [0.2, 0.25) is 0 Å². The molecule has 0 unspecified atom stereocenters. The molecule has 8 heteroatoms. The number of carbonyl (C=O) groups is 1. The van der Waals surface area contributed by atoms with Crippen LogP contribution in [-0.4, -0.2) is 10.8 Å². The van der Waals surface area contributed by atoms with Crippen LogP contribution in [0.3, 0.4) is 0 Å². The van der Waals surface area contributed by atoms with Gasteiger partial charge < -0.3 is 5.32 Å². The van der Waals surface area contributed by atoms with E-state index in [1.165, 1.54) is 12.1 Å². The van der Waals surface area contributed by atoms with E-state index in [1.807, 2.05) is 6.92 Å². The van der Waals surface area contributed by atoms with Crippen LogP contribution in [-0.2, 0) is 6.18 Å². The Kier molecular flexibility index (Phi) is 4.35. The third-order valence-electron chi connectivity index (χ3n) is 3.07. The lowest BCUT2D eigenvalue weighted by molar-refractivity contribution is -0.388. The number of aryl methyl sites for hydroxylation is 1. The number of halogens is 3. The van der Waals surface area contributed by atoms with Crippen molar-refractivity contribution in [3.8, 4) is 0 Å². The number of carbonyl (C=O) groups excluding carboxylic acids is 1. The molecule has 1 amide bonds. The summed E-state index contributed by atoms with van der Waals surface area (Å²) in [5.74, 6) is -0.605. The van der Waals surface area contributed by atoms with E-state index < -0.39 is 28.3 Å². The highest BCUT2D eigenvalue weighted by Crippen LogP contribution is 2.37. The summed E-state index contributed by atoms with van der Waals surface area (Å²) < 4.78 is 38.6. The Bertz CT molecular complexity index is 756. The second-order valence-electron chi connectivity index (χ2n) is 4.81. The van der Waals surface area contributed by atoms with Crippen molar-refractivity contribution >= 4 is 17.3 Å². The number of nitrogens with one attached hydrogen (secondary N) is 1. The van der Waals surface area contributed by atoms with E-state index in [4.69, 9.17) is 0 Å². The maximum atomic E-state index is 12.9. The number of rotatable bonds is 3. The predicted octanol–water partition coefficient (Wildman–Crippen LogP) is 4.17. The summed E-state index contributed by atoms with van der Waals surface area (Å²) in [5.41, 5.74) is -1.46. The molecule has 2 aromatic carbocycles. The standard InChI is InChI=1S/C15H11F3N2O3/c1-9-2-4-10(5-3-9)14(21)19-11-6-7-13(20(22)23)12(8-11)15(16,17)18/h2-8H,1H3,(H,19,21). The minimum absolute atomic E-state index is 0.173. The van der Waals surface area contributed by atoms with E-state index >= 15 is 0 Å².